The fourth-order valence-electron chi connectivity index (χ4n) is 2.59. The van der Waals surface area contributed by atoms with Crippen LogP contribution in [0.3, 0.4) is 0 Å². The number of nitrogens with zero attached hydrogens (tertiary/aromatic N) is 1. The SMILES string of the molecule is Fc1ccc2[nH]c([C@@H](CS)Cc3ccc(C(F)(F)F)cc3)nc2c1F.O=C(O)C(F)(F)F. The number of carboxylic acids is 1. The van der Waals surface area contributed by atoms with Gasteiger partial charge < -0.3 is 10.1 Å². The summed E-state index contributed by atoms with van der Waals surface area (Å²) >= 11 is 4.24. The van der Waals surface area contributed by atoms with Gasteiger partial charge in [0.1, 0.15) is 11.3 Å². The normalized spacial score (nSPS) is 12.9. The number of fused-ring (bicyclic) bond motifs is 1. The zero-order valence-corrected chi connectivity index (χ0v) is 16.6. The van der Waals surface area contributed by atoms with Gasteiger partial charge in [0.05, 0.1) is 11.1 Å². The number of imidazole rings is 1. The number of alkyl halides is 6. The highest BCUT2D eigenvalue weighted by Gasteiger charge is 2.38. The number of carbonyl (C=O) groups is 1. The van der Waals surface area contributed by atoms with Crippen LogP contribution in [0.15, 0.2) is 36.4 Å². The minimum absolute atomic E-state index is 0.103. The Kier molecular flexibility index (Phi) is 7.75. The van der Waals surface area contributed by atoms with Crippen molar-refractivity contribution in [3.05, 3.63) is 65.0 Å². The molecule has 3 aromatic rings. The minimum atomic E-state index is -5.08. The number of H-pyrrole nitrogens is 1. The van der Waals surface area contributed by atoms with E-state index in [2.05, 4.69) is 22.6 Å². The average Bonchev–Trinajstić information content (AvgIpc) is 3.13. The smallest absolute Gasteiger partial charge is 0.475 e. The molecule has 0 fully saturated rings. The van der Waals surface area contributed by atoms with Gasteiger partial charge in [-0.1, -0.05) is 12.1 Å². The Morgan fingerprint density at radius 1 is 1.03 bits per heavy atom. The third kappa shape index (κ3) is 6.34. The fourth-order valence-corrected chi connectivity index (χ4v) is 2.89. The molecule has 1 heterocycles. The number of halogens is 8. The number of benzene rings is 2. The van der Waals surface area contributed by atoms with Crippen LogP contribution in [0.5, 0.6) is 0 Å². The van der Waals surface area contributed by atoms with E-state index in [9.17, 15) is 35.1 Å². The van der Waals surface area contributed by atoms with Crippen molar-refractivity contribution >= 4 is 29.6 Å². The molecular formula is C19H14F8N2O2S. The van der Waals surface area contributed by atoms with E-state index in [1.54, 1.807) is 0 Å². The summed E-state index contributed by atoms with van der Waals surface area (Å²) in [6, 6.07) is 7.20. The molecule has 0 aliphatic carbocycles. The summed E-state index contributed by atoms with van der Waals surface area (Å²) in [4.78, 5) is 15.9. The summed E-state index contributed by atoms with van der Waals surface area (Å²) < 4.78 is 96.6. The third-order valence-electron chi connectivity index (χ3n) is 4.18. The molecule has 1 atom stereocenters. The van der Waals surface area contributed by atoms with Gasteiger partial charge in [-0.2, -0.15) is 39.0 Å². The highest BCUT2D eigenvalue weighted by atomic mass is 32.1. The second kappa shape index (κ2) is 9.76. The van der Waals surface area contributed by atoms with Gasteiger partial charge in [0.15, 0.2) is 11.6 Å². The molecule has 174 valence electrons. The zero-order valence-electron chi connectivity index (χ0n) is 15.7. The number of hydrogen-bond donors (Lipinski definition) is 3. The number of nitrogens with one attached hydrogen (secondary N) is 1. The van der Waals surface area contributed by atoms with Crippen molar-refractivity contribution in [2.45, 2.75) is 24.7 Å². The van der Waals surface area contributed by atoms with E-state index in [-0.39, 0.29) is 11.4 Å². The molecule has 2 N–H and O–H groups in total. The molecule has 1 aromatic heterocycles. The Hall–Kier alpha value is -2.83. The van der Waals surface area contributed by atoms with Crippen molar-refractivity contribution in [1.82, 2.24) is 9.97 Å². The highest BCUT2D eigenvalue weighted by molar-refractivity contribution is 7.80. The van der Waals surface area contributed by atoms with E-state index in [0.717, 1.165) is 18.2 Å². The lowest BCUT2D eigenvalue weighted by Gasteiger charge is -2.13. The summed E-state index contributed by atoms with van der Waals surface area (Å²) in [5.74, 6) is -4.31. The Balaban J connectivity index is 0.000000451. The number of rotatable bonds is 4. The molecule has 0 unspecified atom stereocenters. The van der Waals surface area contributed by atoms with Gasteiger partial charge in [-0.15, -0.1) is 0 Å². The highest BCUT2D eigenvalue weighted by Crippen LogP contribution is 2.30. The van der Waals surface area contributed by atoms with Gasteiger partial charge in [0.25, 0.3) is 0 Å². The third-order valence-corrected chi connectivity index (χ3v) is 4.62. The van der Waals surface area contributed by atoms with Crippen LogP contribution in [-0.2, 0) is 17.4 Å². The van der Waals surface area contributed by atoms with Gasteiger partial charge in [0.2, 0.25) is 0 Å². The Bertz CT molecular complexity index is 1080. The lowest BCUT2D eigenvalue weighted by Crippen LogP contribution is -2.21. The first kappa shape index (κ1) is 25.4. The number of thiol groups is 1. The van der Waals surface area contributed by atoms with Crippen molar-refractivity contribution in [1.29, 1.82) is 0 Å². The van der Waals surface area contributed by atoms with E-state index < -0.39 is 35.5 Å². The topological polar surface area (TPSA) is 66.0 Å². The van der Waals surface area contributed by atoms with Crippen molar-refractivity contribution < 1.29 is 45.0 Å². The Labute approximate surface area is 180 Å². The van der Waals surface area contributed by atoms with Gasteiger partial charge >= 0.3 is 18.3 Å². The second-order valence-electron chi connectivity index (χ2n) is 6.46. The fraction of sp³-hybridized carbons (Fsp3) is 0.263. The molecule has 2 aromatic carbocycles. The molecule has 0 bridgehead atoms. The molecule has 32 heavy (non-hydrogen) atoms. The summed E-state index contributed by atoms with van der Waals surface area (Å²) in [5.41, 5.74) is 0.196. The van der Waals surface area contributed by atoms with Crippen LogP contribution < -0.4 is 0 Å². The summed E-state index contributed by atoms with van der Waals surface area (Å²) in [6.45, 7) is 0. The van der Waals surface area contributed by atoms with Crippen LogP contribution in [0.2, 0.25) is 0 Å². The van der Waals surface area contributed by atoms with Gasteiger partial charge in [-0.05, 0) is 36.2 Å². The van der Waals surface area contributed by atoms with Crippen LogP contribution in [0.25, 0.3) is 11.0 Å². The standard InChI is InChI=1S/C17H13F5N2S.C2HF3O2/c18-12-5-6-13-15(14(12)19)24-16(23-13)10(8-25)7-9-1-3-11(4-2-9)17(20,21)22;3-2(4,5)1(6)7/h1-6,10,25H,7-8H2,(H,23,24);(H,6,7)/t10-;/m1./s1. The molecule has 13 heteroatoms. The number of aromatic amines is 1. The molecule has 0 amide bonds. The van der Waals surface area contributed by atoms with Crippen LogP contribution >= 0.6 is 12.6 Å². The van der Waals surface area contributed by atoms with Crippen molar-refractivity contribution in [2.75, 3.05) is 5.75 Å². The average molecular weight is 486 g/mol. The van der Waals surface area contributed by atoms with Gasteiger partial charge in [-0.25, -0.2) is 18.6 Å². The largest absolute Gasteiger partial charge is 0.490 e. The quantitative estimate of drug-likeness (QED) is 0.325. The molecule has 3 rings (SSSR count). The molecule has 0 spiro atoms. The molecular weight excluding hydrogens is 472 g/mol. The monoisotopic (exact) mass is 486 g/mol. The molecule has 0 saturated heterocycles. The van der Waals surface area contributed by atoms with Crippen molar-refractivity contribution in [2.24, 2.45) is 0 Å². The first-order valence-corrected chi connectivity index (χ1v) is 9.28. The summed E-state index contributed by atoms with van der Waals surface area (Å²) in [6.07, 6.45) is -9.10. The van der Waals surface area contributed by atoms with Crippen LogP contribution in [-0.4, -0.2) is 33.0 Å². The lowest BCUT2D eigenvalue weighted by molar-refractivity contribution is -0.192. The first-order valence-electron chi connectivity index (χ1n) is 8.64. The Morgan fingerprint density at radius 2 is 1.59 bits per heavy atom. The van der Waals surface area contributed by atoms with Crippen LogP contribution in [0.1, 0.15) is 22.9 Å². The summed E-state index contributed by atoms with van der Waals surface area (Å²) in [7, 11) is 0. The second-order valence-corrected chi connectivity index (χ2v) is 6.83. The predicted molar refractivity (Wildman–Crippen MR) is 101 cm³/mol. The molecule has 0 aliphatic heterocycles. The minimum Gasteiger partial charge on any atom is -0.475 e. The van der Waals surface area contributed by atoms with E-state index in [4.69, 9.17) is 9.90 Å². The Morgan fingerprint density at radius 3 is 2.06 bits per heavy atom. The van der Waals surface area contributed by atoms with E-state index in [1.807, 2.05) is 0 Å². The molecule has 0 aliphatic rings. The molecule has 0 saturated carbocycles. The molecule has 4 nitrogen and oxygen atoms in total. The van der Waals surface area contributed by atoms with Crippen molar-refractivity contribution in [3.8, 4) is 0 Å². The number of hydrogen-bond acceptors (Lipinski definition) is 3. The van der Waals surface area contributed by atoms with Crippen LogP contribution in [0, 0.1) is 11.6 Å². The maximum absolute atomic E-state index is 13.8. The maximum Gasteiger partial charge on any atom is 0.490 e. The predicted octanol–water partition coefficient (Wildman–Crippen LogP) is 5.75. The first-order chi connectivity index (χ1) is 14.7. The maximum atomic E-state index is 13.8. The summed E-state index contributed by atoms with van der Waals surface area (Å²) in [5, 5.41) is 7.12. The number of aliphatic carboxylic acids is 1. The zero-order chi connectivity index (χ0) is 24.3. The number of carboxylic acid groups (broad SMARTS) is 1. The van der Waals surface area contributed by atoms with Gasteiger partial charge in [0, 0.05) is 11.7 Å². The van der Waals surface area contributed by atoms with E-state index >= 15 is 0 Å². The molecule has 0 radical (unpaired) electrons. The van der Waals surface area contributed by atoms with E-state index in [1.165, 1.54) is 18.2 Å². The van der Waals surface area contributed by atoms with E-state index in [0.29, 0.717) is 29.1 Å². The van der Waals surface area contributed by atoms with Crippen molar-refractivity contribution in [3.63, 3.8) is 0 Å². The van der Waals surface area contributed by atoms with Gasteiger partial charge in [-0.3, -0.25) is 0 Å². The number of aromatic nitrogens is 2. The lowest BCUT2D eigenvalue weighted by atomic mass is 9.99. The van der Waals surface area contributed by atoms with Crippen LogP contribution in [0.4, 0.5) is 35.1 Å².